The summed E-state index contributed by atoms with van der Waals surface area (Å²) < 4.78 is 5.32. The van der Waals surface area contributed by atoms with Crippen molar-refractivity contribution in [3.8, 4) is 0 Å². The summed E-state index contributed by atoms with van der Waals surface area (Å²) in [5.74, 6) is 0.233. The molecular weight excluding hydrogens is 320 g/mol. The average molecular weight is 344 g/mol. The molecule has 0 radical (unpaired) electrons. The van der Waals surface area contributed by atoms with E-state index in [1.807, 2.05) is 28.1 Å². The Labute approximate surface area is 147 Å². The summed E-state index contributed by atoms with van der Waals surface area (Å²) in [6.07, 6.45) is 5.69. The second-order valence-corrected chi connectivity index (χ2v) is 7.12. The molecule has 0 unspecified atom stereocenters. The van der Waals surface area contributed by atoms with Gasteiger partial charge in [0.15, 0.2) is 0 Å². The average Bonchev–Trinajstić information content (AvgIpc) is 2.99. The number of urea groups is 1. The zero-order chi connectivity index (χ0) is 17.3. The SMILES string of the molecule is O=C1C[C@@H](c2cccnc2)C2(CCN(C(=O)N3CCOCC3)CC2)N1. The number of nitrogens with zero attached hydrogens (tertiary/aromatic N) is 3. The molecule has 1 aromatic heterocycles. The van der Waals surface area contributed by atoms with E-state index in [9.17, 15) is 9.59 Å². The van der Waals surface area contributed by atoms with Crippen LogP contribution in [0.5, 0.6) is 0 Å². The number of piperidine rings is 1. The predicted molar refractivity (Wildman–Crippen MR) is 91.1 cm³/mol. The van der Waals surface area contributed by atoms with Gasteiger partial charge in [0.1, 0.15) is 0 Å². The maximum atomic E-state index is 12.7. The molecule has 7 nitrogen and oxygen atoms in total. The van der Waals surface area contributed by atoms with Gasteiger partial charge in [0.25, 0.3) is 0 Å². The fourth-order valence-electron chi connectivity index (χ4n) is 4.34. The molecule has 1 N–H and O–H groups in total. The Balaban J connectivity index is 1.46. The summed E-state index contributed by atoms with van der Waals surface area (Å²) in [6, 6.07) is 4.06. The second-order valence-electron chi connectivity index (χ2n) is 7.12. The van der Waals surface area contributed by atoms with E-state index in [1.165, 1.54) is 0 Å². The van der Waals surface area contributed by atoms with Crippen molar-refractivity contribution in [3.05, 3.63) is 30.1 Å². The summed E-state index contributed by atoms with van der Waals surface area (Å²) in [6.45, 7) is 3.90. The molecule has 0 saturated carbocycles. The number of likely N-dealkylation sites (tertiary alicyclic amines) is 1. The second kappa shape index (κ2) is 6.63. The standard InChI is InChI=1S/C18H24N4O3/c23-16-12-15(14-2-1-5-19-13-14)18(20-16)3-6-21(7-4-18)17(24)22-8-10-25-11-9-22/h1-2,5,13,15H,3-4,6-12H2,(H,20,23)/t15-/m0/s1. The van der Waals surface area contributed by atoms with Gasteiger partial charge in [-0.15, -0.1) is 0 Å². The van der Waals surface area contributed by atoms with Gasteiger partial charge in [-0.2, -0.15) is 0 Å². The molecule has 3 saturated heterocycles. The summed E-state index contributed by atoms with van der Waals surface area (Å²) in [7, 11) is 0. The third kappa shape index (κ3) is 3.08. The normalized spacial score (nSPS) is 25.9. The van der Waals surface area contributed by atoms with Crippen LogP contribution in [-0.2, 0) is 9.53 Å². The Morgan fingerprint density at radius 1 is 1.20 bits per heavy atom. The van der Waals surface area contributed by atoms with Crippen molar-refractivity contribution in [1.29, 1.82) is 0 Å². The zero-order valence-corrected chi connectivity index (χ0v) is 14.3. The summed E-state index contributed by atoms with van der Waals surface area (Å²) in [5.41, 5.74) is 0.857. The van der Waals surface area contributed by atoms with E-state index in [-0.39, 0.29) is 23.4 Å². The van der Waals surface area contributed by atoms with Crippen molar-refractivity contribution in [2.75, 3.05) is 39.4 Å². The number of morpholine rings is 1. The number of carbonyl (C=O) groups is 2. The smallest absolute Gasteiger partial charge is 0.320 e. The lowest BCUT2D eigenvalue weighted by Crippen LogP contribution is -2.57. The number of ether oxygens (including phenoxy) is 1. The highest BCUT2D eigenvalue weighted by molar-refractivity contribution is 5.81. The van der Waals surface area contributed by atoms with Crippen LogP contribution >= 0.6 is 0 Å². The Bertz CT molecular complexity index is 637. The van der Waals surface area contributed by atoms with E-state index in [1.54, 1.807) is 6.20 Å². The van der Waals surface area contributed by atoms with Gasteiger partial charge in [-0.25, -0.2) is 4.79 Å². The largest absolute Gasteiger partial charge is 0.378 e. The monoisotopic (exact) mass is 344 g/mol. The molecule has 3 amide bonds. The van der Waals surface area contributed by atoms with E-state index < -0.39 is 0 Å². The molecule has 3 fully saturated rings. The lowest BCUT2D eigenvalue weighted by atomic mass is 9.75. The molecular formula is C18H24N4O3. The maximum absolute atomic E-state index is 12.7. The van der Waals surface area contributed by atoms with Crippen molar-refractivity contribution < 1.29 is 14.3 Å². The van der Waals surface area contributed by atoms with Gasteiger partial charge in [0.2, 0.25) is 5.91 Å². The van der Waals surface area contributed by atoms with Crippen LogP contribution in [-0.4, -0.2) is 71.7 Å². The molecule has 0 aliphatic carbocycles. The Morgan fingerprint density at radius 2 is 1.92 bits per heavy atom. The van der Waals surface area contributed by atoms with Gasteiger partial charge >= 0.3 is 6.03 Å². The van der Waals surface area contributed by atoms with Crippen LogP contribution in [0.25, 0.3) is 0 Å². The molecule has 4 rings (SSSR count). The lowest BCUT2D eigenvalue weighted by molar-refractivity contribution is -0.120. The van der Waals surface area contributed by atoms with Crippen molar-refractivity contribution in [2.45, 2.75) is 30.7 Å². The zero-order valence-electron chi connectivity index (χ0n) is 14.3. The molecule has 3 aliphatic heterocycles. The summed E-state index contributed by atoms with van der Waals surface area (Å²) in [5, 5.41) is 3.22. The number of hydrogen-bond donors (Lipinski definition) is 1. The number of aromatic nitrogens is 1. The first-order valence-electron chi connectivity index (χ1n) is 9.00. The molecule has 0 aromatic carbocycles. The highest BCUT2D eigenvalue weighted by Gasteiger charge is 2.49. The van der Waals surface area contributed by atoms with E-state index >= 15 is 0 Å². The molecule has 1 spiro atoms. The highest BCUT2D eigenvalue weighted by Crippen LogP contribution is 2.43. The van der Waals surface area contributed by atoms with E-state index in [0.717, 1.165) is 18.4 Å². The van der Waals surface area contributed by atoms with Crippen LogP contribution in [0.3, 0.4) is 0 Å². The maximum Gasteiger partial charge on any atom is 0.320 e. The molecule has 0 bridgehead atoms. The number of hydrogen-bond acceptors (Lipinski definition) is 4. The molecule has 7 heteroatoms. The molecule has 1 atom stereocenters. The molecule has 4 heterocycles. The van der Waals surface area contributed by atoms with E-state index in [0.29, 0.717) is 45.8 Å². The van der Waals surface area contributed by atoms with Gasteiger partial charge in [-0.3, -0.25) is 9.78 Å². The quantitative estimate of drug-likeness (QED) is 0.824. The first-order valence-corrected chi connectivity index (χ1v) is 9.00. The van der Waals surface area contributed by atoms with Crippen LogP contribution in [0.15, 0.2) is 24.5 Å². The first-order chi connectivity index (χ1) is 12.2. The van der Waals surface area contributed by atoms with Gasteiger partial charge in [-0.05, 0) is 24.5 Å². The van der Waals surface area contributed by atoms with E-state index in [2.05, 4.69) is 10.3 Å². The van der Waals surface area contributed by atoms with Crippen molar-refractivity contribution in [2.24, 2.45) is 0 Å². The number of nitrogens with one attached hydrogen (secondary N) is 1. The van der Waals surface area contributed by atoms with Crippen LogP contribution in [0.2, 0.25) is 0 Å². The van der Waals surface area contributed by atoms with Crippen LogP contribution < -0.4 is 5.32 Å². The number of pyridine rings is 1. The third-order valence-electron chi connectivity index (χ3n) is 5.74. The number of amides is 3. The lowest BCUT2D eigenvalue weighted by Gasteiger charge is -2.44. The minimum atomic E-state index is -0.248. The molecule has 134 valence electrons. The van der Waals surface area contributed by atoms with Crippen molar-refractivity contribution in [1.82, 2.24) is 20.1 Å². The minimum Gasteiger partial charge on any atom is -0.378 e. The first kappa shape index (κ1) is 16.3. The minimum absolute atomic E-state index is 0.0976. The fraction of sp³-hybridized carbons (Fsp3) is 0.611. The summed E-state index contributed by atoms with van der Waals surface area (Å²) >= 11 is 0. The third-order valence-corrected chi connectivity index (χ3v) is 5.74. The Kier molecular flexibility index (Phi) is 4.33. The topological polar surface area (TPSA) is 74.8 Å². The van der Waals surface area contributed by atoms with Crippen LogP contribution in [0.1, 0.15) is 30.7 Å². The Hall–Kier alpha value is -2.15. The molecule has 1 aromatic rings. The van der Waals surface area contributed by atoms with Gasteiger partial charge < -0.3 is 19.9 Å². The molecule has 3 aliphatic rings. The van der Waals surface area contributed by atoms with E-state index in [4.69, 9.17) is 4.74 Å². The van der Waals surface area contributed by atoms with Crippen molar-refractivity contribution in [3.63, 3.8) is 0 Å². The summed E-state index contributed by atoms with van der Waals surface area (Å²) in [4.78, 5) is 32.8. The van der Waals surface area contributed by atoms with Crippen LogP contribution in [0.4, 0.5) is 4.79 Å². The Morgan fingerprint density at radius 3 is 2.60 bits per heavy atom. The number of rotatable bonds is 1. The van der Waals surface area contributed by atoms with Gasteiger partial charge in [0, 0.05) is 50.9 Å². The van der Waals surface area contributed by atoms with Gasteiger partial charge in [-0.1, -0.05) is 6.07 Å². The van der Waals surface area contributed by atoms with Gasteiger partial charge in [0.05, 0.1) is 18.8 Å². The fourth-order valence-corrected chi connectivity index (χ4v) is 4.34. The van der Waals surface area contributed by atoms with Crippen LogP contribution in [0, 0.1) is 0 Å². The predicted octanol–water partition coefficient (Wildman–Crippen LogP) is 0.972. The molecule has 25 heavy (non-hydrogen) atoms. The number of carbonyl (C=O) groups excluding carboxylic acids is 2. The highest BCUT2D eigenvalue weighted by atomic mass is 16.5. The van der Waals surface area contributed by atoms with Crippen molar-refractivity contribution >= 4 is 11.9 Å².